The third-order valence-corrected chi connectivity index (χ3v) is 7.72. The fraction of sp³-hybridized carbons (Fsp3) is 0.292. The molecular weight excluding hydrogens is 492 g/mol. The molecular formula is C24H19BrN2O6. The molecule has 0 aromatic heterocycles. The molecule has 8 nitrogen and oxygen atoms in total. The summed E-state index contributed by atoms with van der Waals surface area (Å²) in [5, 5.41) is 10.9. The Kier molecular flexibility index (Phi) is 4.79. The molecule has 0 radical (unpaired) electrons. The van der Waals surface area contributed by atoms with Crippen LogP contribution in [0, 0.1) is 24.7 Å². The number of aryl methyl sites for hydroxylation is 1. The number of para-hydroxylation sites is 1. The number of imide groups is 3. The van der Waals surface area contributed by atoms with Gasteiger partial charge in [-0.05, 0) is 47.2 Å². The predicted octanol–water partition coefficient (Wildman–Crippen LogP) is 2.54. The standard InChI is InChI=1S/C24H19BrN2O6/c1-9-3-2-4-11(20(9)29)17-10-5-6-12-18(23(32)27(22(12)31)24(26)33)13(10)7-14-19(17)16(28)8-15(25)21(14)30/h2-5,8,12-13,17-18,29H,6-7H2,1H3,(H2,26,33)/t12-,13+,17+,18-/m0/s1. The zero-order valence-electron chi connectivity index (χ0n) is 17.5. The van der Waals surface area contributed by atoms with Gasteiger partial charge in [-0.1, -0.05) is 29.8 Å². The van der Waals surface area contributed by atoms with Crippen LogP contribution < -0.4 is 5.73 Å². The summed E-state index contributed by atoms with van der Waals surface area (Å²) in [5.41, 5.74) is 7.56. The summed E-state index contributed by atoms with van der Waals surface area (Å²) in [6, 6.07) is 4.04. The van der Waals surface area contributed by atoms with E-state index in [2.05, 4.69) is 15.9 Å². The van der Waals surface area contributed by atoms with Gasteiger partial charge in [-0.3, -0.25) is 19.2 Å². The lowest BCUT2D eigenvalue weighted by molar-refractivity contribution is -0.136. The maximum Gasteiger partial charge on any atom is 0.328 e. The molecule has 33 heavy (non-hydrogen) atoms. The van der Waals surface area contributed by atoms with Crippen LogP contribution in [0.5, 0.6) is 5.75 Å². The number of rotatable bonds is 1. The molecule has 0 spiro atoms. The van der Waals surface area contributed by atoms with Crippen LogP contribution in [0.1, 0.15) is 29.9 Å². The smallest absolute Gasteiger partial charge is 0.328 e. The van der Waals surface area contributed by atoms with E-state index in [-0.39, 0.29) is 45.8 Å². The maximum atomic E-state index is 13.1. The molecule has 0 bridgehead atoms. The van der Waals surface area contributed by atoms with E-state index in [1.165, 1.54) is 6.08 Å². The van der Waals surface area contributed by atoms with Gasteiger partial charge in [0.2, 0.25) is 11.8 Å². The van der Waals surface area contributed by atoms with Crippen molar-refractivity contribution in [3.05, 3.63) is 62.7 Å². The van der Waals surface area contributed by atoms with E-state index < -0.39 is 41.5 Å². The number of halogens is 1. The number of amides is 4. The highest BCUT2D eigenvalue weighted by Crippen LogP contribution is 2.56. The number of ketones is 2. The third kappa shape index (κ3) is 2.91. The summed E-state index contributed by atoms with van der Waals surface area (Å²) in [7, 11) is 0. The van der Waals surface area contributed by atoms with Crippen LogP contribution in [0.3, 0.4) is 0 Å². The number of urea groups is 1. The van der Waals surface area contributed by atoms with Gasteiger partial charge < -0.3 is 10.8 Å². The number of primary amides is 1. The Morgan fingerprint density at radius 2 is 1.88 bits per heavy atom. The average Bonchev–Trinajstić information content (AvgIpc) is 3.03. The van der Waals surface area contributed by atoms with Crippen molar-refractivity contribution in [2.75, 3.05) is 0 Å². The first kappa shape index (κ1) is 21.5. The largest absolute Gasteiger partial charge is 0.507 e. The first-order valence-electron chi connectivity index (χ1n) is 10.5. The molecule has 168 valence electrons. The molecule has 1 saturated heterocycles. The zero-order chi connectivity index (χ0) is 23.8. The van der Waals surface area contributed by atoms with Crippen LogP contribution >= 0.6 is 15.9 Å². The Morgan fingerprint density at radius 3 is 2.58 bits per heavy atom. The maximum absolute atomic E-state index is 13.1. The highest BCUT2D eigenvalue weighted by atomic mass is 79.9. The van der Waals surface area contributed by atoms with Crippen LogP contribution in [0.25, 0.3) is 0 Å². The second-order valence-electron chi connectivity index (χ2n) is 8.76. The van der Waals surface area contributed by atoms with Crippen molar-refractivity contribution in [1.82, 2.24) is 4.90 Å². The molecule has 9 heteroatoms. The van der Waals surface area contributed by atoms with Crippen molar-refractivity contribution in [3.8, 4) is 5.75 Å². The molecule has 0 saturated carbocycles. The Labute approximate surface area is 196 Å². The first-order valence-corrected chi connectivity index (χ1v) is 11.3. The molecule has 1 aromatic carbocycles. The van der Waals surface area contributed by atoms with Gasteiger partial charge in [0, 0.05) is 28.7 Å². The topological polar surface area (TPSA) is 135 Å². The number of allylic oxidation sites excluding steroid dienone is 6. The number of fused-ring (bicyclic) bond motifs is 3. The Balaban J connectivity index is 1.73. The van der Waals surface area contributed by atoms with E-state index in [0.29, 0.717) is 21.6 Å². The van der Waals surface area contributed by atoms with Crippen LogP contribution in [0.4, 0.5) is 4.79 Å². The quantitative estimate of drug-likeness (QED) is 0.338. The van der Waals surface area contributed by atoms with E-state index in [0.717, 1.165) is 0 Å². The zero-order valence-corrected chi connectivity index (χ0v) is 19.1. The molecule has 0 unspecified atom stereocenters. The molecule has 4 amide bonds. The van der Waals surface area contributed by atoms with E-state index in [1.54, 1.807) is 25.1 Å². The third-order valence-electron chi connectivity index (χ3n) is 7.13. The monoisotopic (exact) mass is 510 g/mol. The molecule has 1 heterocycles. The summed E-state index contributed by atoms with van der Waals surface area (Å²) in [6.07, 6.45) is 3.30. The number of carbonyl (C=O) groups is 5. The van der Waals surface area contributed by atoms with E-state index in [1.807, 2.05) is 6.08 Å². The molecule has 3 N–H and O–H groups in total. The summed E-state index contributed by atoms with van der Waals surface area (Å²) in [6.45, 7) is 1.73. The number of carbonyl (C=O) groups excluding carboxylic acids is 5. The van der Waals surface area contributed by atoms with Crippen LogP contribution in [0.15, 0.2) is 51.6 Å². The minimum Gasteiger partial charge on any atom is -0.507 e. The van der Waals surface area contributed by atoms with Gasteiger partial charge >= 0.3 is 6.03 Å². The number of phenolic OH excluding ortho intramolecular Hbond substituents is 1. The minimum absolute atomic E-state index is 0.000483. The first-order chi connectivity index (χ1) is 15.6. The molecule has 3 aliphatic carbocycles. The normalized spacial score (nSPS) is 28.8. The van der Waals surface area contributed by atoms with E-state index in [9.17, 15) is 29.1 Å². The lowest BCUT2D eigenvalue weighted by Crippen LogP contribution is -2.42. The van der Waals surface area contributed by atoms with Crippen molar-refractivity contribution in [2.24, 2.45) is 23.5 Å². The van der Waals surface area contributed by atoms with Gasteiger partial charge in [-0.15, -0.1) is 0 Å². The van der Waals surface area contributed by atoms with Crippen molar-refractivity contribution < 1.29 is 29.1 Å². The Bertz CT molecular complexity index is 1290. The van der Waals surface area contributed by atoms with E-state index >= 15 is 0 Å². The summed E-state index contributed by atoms with van der Waals surface area (Å²) >= 11 is 3.15. The van der Waals surface area contributed by atoms with Gasteiger partial charge in [0.25, 0.3) is 0 Å². The highest BCUT2D eigenvalue weighted by Gasteiger charge is 2.57. The lowest BCUT2D eigenvalue weighted by atomic mass is 9.59. The lowest BCUT2D eigenvalue weighted by Gasteiger charge is -2.42. The van der Waals surface area contributed by atoms with Gasteiger partial charge in [-0.25, -0.2) is 4.79 Å². The fourth-order valence-electron chi connectivity index (χ4n) is 5.69. The van der Waals surface area contributed by atoms with Crippen molar-refractivity contribution >= 4 is 45.3 Å². The summed E-state index contributed by atoms with van der Waals surface area (Å²) in [4.78, 5) is 64.3. The number of hydrogen-bond acceptors (Lipinski definition) is 6. The number of phenols is 1. The van der Waals surface area contributed by atoms with Crippen LogP contribution in [-0.2, 0) is 19.2 Å². The molecule has 5 rings (SSSR count). The molecule has 1 fully saturated rings. The second-order valence-corrected chi connectivity index (χ2v) is 9.61. The fourth-order valence-corrected chi connectivity index (χ4v) is 6.14. The van der Waals surface area contributed by atoms with Gasteiger partial charge in [-0.2, -0.15) is 4.90 Å². The Morgan fingerprint density at radius 1 is 1.15 bits per heavy atom. The number of Topliss-reactive ketones (excluding diaryl/α,β-unsaturated/α-hetero) is 1. The molecule has 1 aromatic rings. The van der Waals surface area contributed by atoms with Crippen LogP contribution in [-0.4, -0.2) is 39.4 Å². The minimum atomic E-state index is -1.13. The van der Waals surface area contributed by atoms with Gasteiger partial charge in [0.15, 0.2) is 11.6 Å². The molecule has 1 aliphatic heterocycles. The SMILES string of the molecule is Cc1cccc([C@H]2C3=CC[C@@H]4C(=O)N(C(N)=O)C(=O)[C@@H]4[C@@H]3CC3=C2C(=O)C=C(Br)C3=O)c1O. The number of hydrogen-bond donors (Lipinski definition) is 2. The molecule has 4 atom stereocenters. The van der Waals surface area contributed by atoms with E-state index in [4.69, 9.17) is 5.73 Å². The summed E-state index contributed by atoms with van der Waals surface area (Å²) < 4.78 is 0.117. The predicted molar refractivity (Wildman–Crippen MR) is 119 cm³/mol. The number of nitrogens with two attached hydrogens (primary N) is 1. The highest BCUT2D eigenvalue weighted by molar-refractivity contribution is 9.12. The average molecular weight is 511 g/mol. The van der Waals surface area contributed by atoms with Crippen molar-refractivity contribution in [3.63, 3.8) is 0 Å². The molecule has 4 aliphatic rings. The Hall–Kier alpha value is -3.33. The van der Waals surface area contributed by atoms with Gasteiger partial charge in [0.1, 0.15) is 5.75 Å². The number of nitrogens with zero attached hydrogens (tertiary/aromatic N) is 1. The number of benzene rings is 1. The second kappa shape index (κ2) is 7.34. The van der Waals surface area contributed by atoms with Crippen molar-refractivity contribution in [1.29, 1.82) is 0 Å². The van der Waals surface area contributed by atoms with Gasteiger partial charge in [0.05, 0.1) is 16.3 Å². The van der Waals surface area contributed by atoms with Crippen molar-refractivity contribution in [2.45, 2.75) is 25.7 Å². The van der Waals surface area contributed by atoms with Crippen LogP contribution in [0.2, 0.25) is 0 Å². The number of likely N-dealkylation sites (tertiary alicyclic amines) is 1. The summed E-state index contributed by atoms with van der Waals surface area (Å²) in [5.74, 6) is -5.03. The number of aromatic hydroxyl groups is 1.